The lowest BCUT2D eigenvalue weighted by Gasteiger charge is -2.06. The molecule has 0 bridgehead atoms. The van der Waals surface area contributed by atoms with Crippen LogP contribution >= 0.6 is 15.9 Å². The predicted octanol–water partition coefficient (Wildman–Crippen LogP) is 6.74. The van der Waals surface area contributed by atoms with Gasteiger partial charge in [-0.1, -0.05) is 51.9 Å². The predicted molar refractivity (Wildman–Crippen MR) is 112 cm³/mol. The van der Waals surface area contributed by atoms with Crippen molar-refractivity contribution in [1.29, 1.82) is 0 Å². The van der Waals surface area contributed by atoms with Crippen molar-refractivity contribution < 1.29 is 23.5 Å². The van der Waals surface area contributed by atoms with E-state index in [0.717, 1.165) is 51.4 Å². The molecule has 158 valence electrons. The molecule has 6 heteroatoms. The van der Waals surface area contributed by atoms with Crippen molar-refractivity contribution in [3.8, 4) is 5.75 Å². The summed E-state index contributed by atoms with van der Waals surface area (Å²) in [6.45, 7) is 2.70. The van der Waals surface area contributed by atoms with Crippen molar-refractivity contribution in [2.24, 2.45) is 0 Å². The van der Waals surface area contributed by atoms with Crippen LogP contribution < -0.4 is 4.74 Å². The Labute approximate surface area is 176 Å². The zero-order chi connectivity index (χ0) is 20.6. The van der Waals surface area contributed by atoms with Crippen LogP contribution in [0.2, 0.25) is 0 Å². The van der Waals surface area contributed by atoms with Gasteiger partial charge in [0.2, 0.25) is 0 Å². The van der Waals surface area contributed by atoms with Crippen LogP contribution in [0.3, 0.4) is 0 Å². The van der Waals surface area contributed by atoms with Crippen molar-refractivity contribution in [2.45, 2.75) is 84.0 Å². The molecule has 4 nitrogen and oxygen atoms in total. The number of carbonyl (C=O) groups is 2. The lowest BCUT2D eigenvalue weighted by molar-refractivity contribution is -0.144. The molecule has 0 spiro atoms. The largest absolute Gasteiger partial charge is 0.466 e. The van der Waals surface area contributed by atoms with Gasteiger partial charge in [0.1, 0.15) is 11.6 Å². The Morgan fingerprint density at radius 1 is 0.893 bits per heavy atom. The van der Waals surface area contributed by atoms with E-state index in [-0.39, 0.29) is 17.8 Å². The van der Waals surface area contributed by atoms with Gasteiger partial charge >= 0.3 is 11.9 Å². The average molecular weight is 459 g/mol. The average Bonchev–Trinajstić information content (AvgIpc) is 2.66. The van der Waals surface area contributed by atoms with Crippen molar-refractivity contribution >= 4 is 27.9 Å². The van der Waals surface area contributed by atoms with Gasteiger partial charge < -0.3 is 9.47 Å². The summed E-state index contributed by atoms with van der Waals surface area (Å²) in [5.41, 5.74) is 0. The Morgan fingerprint density at radius 2 is 1.50 bits per heavy atom. The molecular formula is C22H32BrFO4. The molecule has 28 heavy (non-hydrogen) atoms. The van der Waals surface area contributed by atoms with Crippen LogP contribution in [0.1, 0.15) is 84.0 Å². The minimum absolute atomic E-state index is 0.0915. The fourth-order valence-electron chi connectivity index (χ4n) is 2.76. The minimum Gasteiger partial charge on any atom is -0.466 e. The molecule has 1 aromatic carbocycles. The normalized spacial score (nSPS) is 10.7. The van der Waals surface area contributed by atoms with Crippen LogP contribution in [0.4, 0.5) is 4.39 Å². The fourth-order valence-corrected chi connectivity index (χ4v) is 3.20. The third-order valence-electron chi connectivity index (χ3n) is 4.39. The molecule has 1 aromatic rings. The van der Waals surface area contributed by atoms with Gasteiger partial charge in [-0.15, -0.1) is 0 Å². The second-order valence-electron chi connectivity index (χ2n) is 6.95. The Bertz CT molecular complexity index is 592. The molecule has 0 fully saturated rings. The number of carbonyl (C=O) groups excluding carboxylic acids is 2. The summed E-state index contributed by atoms with van der Waals surface area (Å²) in [6, 6.07) is 3.97. The van der Waals surface area contributed by atoms with Crippen molar-refractivity contribution in [2.75, 3.05) is 6.61 Å². The molecule has 0 aromatic heterocycles. The third kappa shape index (κ3) is 12.1. The molecule has 0 aliphatic carbocycles. The minimum atomic E-state index is -0.382. The molecule has 0 N–H and O–H groups in total. The van der Waals surface area contributed by atoms with Crippen molar-refractivity contribution in [1.82, 2.24) is 0 Å². The van der Waals surface area contributed by atoms with Crippen LogP contribution in [0, 0.1) is 5.82 Å². The van der Waals surface area contributed by atoms with E-state index in [1.54, 1.807) is 0 Å². The lowest BCUT2D eigenvalue weighted by Crippen LogP contribution is -2.08. The molecule has 0 amide bonds. The number of halogens is 2. The second-order valence-corrected chi connectivity index (χ2v) is 7.81. The fraction of sp³-hybridized carbons (Fsp3) is 0.636. The van der Waals surface area contributed by atoms with Gasteiger partial charge in [0.15, 0.2) is 0 Å². The SMILES string of the molecule is CCCCCCOC(=O)CCCCCCCCC(=O)Oc1ccc(F)cc1Br. The van der Waals surface area contributed by atoms with E-state index in [4.69, 9.17) is 9.47 Å². The summed E-state index contributed by atoms with van der Waals surface area (Å²) in [5, 5.41) is 0. The number of ether oxygens (including phenoxy) is 2. The third-order valence-corrected chi connectivity index (χ3v) is 5.01. The molecule has 0 saturated carbocycles. The smallest absolute Gasteiger partial charge is 0.311 e. The Kier molecular flexibility index (Phi) is 13.6. The molecule has 1 rings (SSSR count). The Morgan fingerprint density at radius 3 is 2.14 bits per heavy atom. The molecular weight excluding hydrogens is 427 g/mol. The summed E-state index contributed by atoms with van der Waals surface area (Å²) in [4.78, 5) is 23.4. The maximum atomic E-state index is 13.0. The molecule has 0 radical (unpaired) electrons. The van der Waals surface area contributed by atoms with Gasteiger partial charge in [0.05, 0.1) is 11.1 Å². The first-order valence-corrected chi connectivity index (χ1v) is 11.1. The maximum absolute atomic E-state index is 13.0. The second kappa shape index (κ2) is 15.5. The first kappa shape index (κ1) is 24.6. The lowest BCUT2D eigenvalue weighted by atomic mass is 10.1. The summed E-state index contributed by atoms with van der Waals surface area (Å²) < 4.78 is 23.9. The summed E-state index contributed by atoms with van der Waals surface area (Å²) in [7, 11) is 0. The molecule has 0 saturated heterocycles. The van der Waals surface area contributed by atoms with E-state index in [9.17, 15) is 14.0 Å². The highest BCUT2D eigenvalue weighted by Gasteiger charge is 2.09. The first-order valence-electron chi connectivity index (χ1n) is 10.3. The van der Waals surface area contributed by atoms with E-state index >= 15 is 0 Å². The van der Waals surface area contributed by atoms with E-state index in [2.05, 4.69) is 22.9 Å². The number of hydrogen-bond donors (Lipinski definition) is 0. The van der Waals surface area contributed by atoms with E-state index in [1.165, 1.54) is 31.0 Å². The quantitative estimate of drug-likeness (QED) is 0.166. The summed E-state index contributed by atoms with van der Waals surface area (Å²) >= 11 is 3.18. The number of unbranched alkanes of at least 4 members (excludes halogenated alkanes) is 8. The van der Waals surface area contributed by atoms with Gasteiger partial charge in [-0.3, -0.25) is 9.59 Å². The molecule has 0 atom stereocenters. The van der Waals surface area contributed by atoms with Crippen LogP contribution in [0.15, 0.2) is 22.7 Å². The van der Waals surface area contributed by atoms with Crippen LogP contribution in [0.25, 0.3) is 0 Å². The van der Waals surface area contributed by atoms with Crippen LogP contribution in [-0.2, 0) is 14.3 Å². The van der Waals surface area contributed by atoms with Crippen molar-refractivity contribution in [3.63, 3.8) is 0 Å². The number of benzene rings is 1. The number of esters is 2. The highest BCUT2D eigenvalue weighted by Crippen LogP contribution is 2.26. The van der Waals surface area contributed by atoms with E-state index < -0.39 is 0 Å². The van der Waals surface area contributed by atoms with Crippen molar-refractivity contribution in [3.05, 3.63) is 28.5 Å². The Balaban J connectivity index is 1.95. The molecule has 0 aliphatic rings. The van der Waals surface area contributed by atoms with E-state index in [1.807, 2.05) is 0 Å². The highest BCUT2D eigenvalue weighted by molar-refractivity contribution is 9.10. The van der Waals surface area contributed by atoms with Gasteiger partial charge in [-0.2, -0.15) is 0 Å². The van der Waals surface area contributed by atoms with Crippen LogP contribution in [-0.4, -0.2) is 18.5 Å². The van der Waals surface area contributed by atoms with E-state index in [0.29, 0.717) is 29.7 Å². The molecule has 0 aliphatic heterocycles. The first-order chi connectivity index (χ1) is 13.5. The van der Waals surface area contributed by atoms with Gasteiger partial charge in [0, 0.05) is 12.8 Å². The molecule has 0 unspecified atom stereocenters. The topological polar surface area (TPSA) is 52.6 Å². The number of rotatable bonds is 15. The summed E-state index contributed by atoms with van der Waals surface area (Å²) in [5.74, 6) is -0.448. The van der Waals surface area contributed by atoms with Crippen LogP contribution in [0.5, 0.6) is 5.75 Å². The summed E-state index contributed by atoms with van der Waals surface area (Å²) in [6.07, 6.45) is 10.9. The standard InChI is InChI=1S/C22H32BrFO4/c1-2-3-4-11-16-27-21(25)12-9-7-5-6-8-10-13-22(26)28-20-15-14-18(24)17-19(20)23/h14-15,17H,2-13,16H2,1H3. The zero-order valence-electron chi connectivity index (χ0n) is 16.8. The molecule has 0 heterocycles. The van der Waals surface area contributed by atoms with Gasteiger partial charge in [0.25, 0.3) is 0 Å². The van der Waals surface area contributed by atoms with Gasteiger partial charge in [-0.05, 0) is 53.4 Å². The number of hydrogen-bond acceptors (Lipinski definition) is 4. The Hall–Kier alpha value is -1.43. The monoisotopic (exact) mass is 458 g/mol. The zero-order valence-corrected chi connectivity index (χ0v) is 18.4. The maximum Gasteiger partial charge on any atom is 0.311 e. The van der Waals surface area contributed by atoms with Gasteiger partial charge in [-0.25, -0.2) is 4.39 Å². The highest BCUT2D eigenvalue weighted by atomic mass is 79.9.